The summed E-state index contributed by atoms with van der Waals surface area (Å²) < 4.78 is 0. The van der Waals surface area contributed by atoms with E-state index in [0.29, 0.717) is 0 Å². The summed E-state index contributed by atoms with van der Waals surface area (Å²) >= 11 is 0. The molecule has 0 aromatic heterocycles. The molecule has 0 radical (unpaired) electrons. The predicted molar refractivity (Wildman–Crippen MR) is 33.8 cm³/mol. The maximum Gasteiger partial charge on any atom is 0.0280 e. The van der Waals surface area contributed by atoms with E-state index in [1.54, 1.807) is 0 Å². The van der Waals surface area contributed by atoms with E-state index in [1.807, 2.05) is 26.2 Å². The molecule has 1 rings (SSSR count). The van der Waals surface area contributed by atoms with Crippen LogP contribution in [0.1, 0.15) is 13.8 Å². The second-order valence-corrected chi connectivity index (χ2v) is 1.95. The lowest BCUT2D eigenvalue weighted by atomic mass is 10.4. The second-order valence-electron chi connectivity index (χ2n) is 1.95. The summed E-state index contributed by atoms with van der Waals surface area (Å²) in [7, 11) is 0. The van der Waals surface area contributed by atoms with Gasteiger partial charge in [-0.1, -0.05) is 0 Å². The molecule has 0 aromatic carbocycles. The highest BCUT2D eigenvalue weighted by Gasteiger charge is 1.92. The Morgan fingerprint density at radius 2 is 1.62 bits per heavy atom. The Labute approximate surface area is 49.3 Å². The third-order valence-corrected chi connectivity index (χ3v) is 0.994. The van der Waals surface area contributed by atoms with Gasteiger partial charge in [0.2, 0.25) is 0 Å². The van der Waals surface area contributed by atoms with Crippen molar-refractivity contribution in [1.29, 1.82) is 0 Å². The normalized spacial score (nSPS) is 17.8. The number of nitrogens with one attached hydrogen (secondary N) is 2. The van der Waals surface area contributed by atoms with Crippen molar-refractivity contribution in [2.24, 2.45) is 0 Å². The van der Waals surface area contributed by atoms with Crippen LogP contribution in [0.5, 0.6) is 0 Å². The highest BCUT2D eigenvalue weighted by Crippen LogP contribution is 1.95. The molecule has 0 saturated heterocycles. The van der Waals surface area contributed by atoms with Gasteiger partial charge in [-0.2, -0.15) is 0 Å². The van der Waals surface area contributed by atoms with Gasteiger partial charge < -0.3 is 10.6 Å². The van der Waals surface area contributed by atoms with Gasteiger partial charge in [0.25, 0.3) is 0 Å². The SMILES string of the molecule is CC1=CNC=C(C)N1. The Kier molecular flexibility index (Phi) is 1.24. The summed E-state index contributed by atoms with van der Waals surface area (Å²) in [5.74, 6) is 0. The van der Waals surface area contributed by atoms with Crippen molar-refractivity contribution in [3.63, 3.8) is 0 Å². The van der Waals surface area contributed by atoms with E-state index in [2.05, 4.69) is 10.6 Å². The summed E-state index contributed by atoms with van der Waals surface area (Å²) in [5.41, 5.74) is 2.31. The van der Waals surface area contributed by atoms with Crippen LogP contribution in [0, 0.1) is 0 Å². The first kappa shape index (κ1) is 5.22. The van der Waals surface area contributed by atoms with Crippen molar-refractivity contribution in [2.75, 3.05) is 0 Å². The molecule has 0 aliphatic carbocycles. The van der Waals surface area contributed by atoms with E-state index in [0.717, 1.165) is 11.4 Å². The Balaban J connectivity index is 2.57. The minimum absolute atomic E-state index is 1.16. The topological polar surface area (TPSA) is 24.1 Å². The third kappa shape index (κ3) is 1.03. The highest BCUT2D eigenvalue weighted by molar-refractivity contribution is 5.12. The molecule has 0 bridgehead atoms. The van der Waals surface area contributed by atoms with E-state index in [4.69, 9.17) is 0 Å². The zero-order valence-corrected chi connectivity index (χ0v) is 5.15. The molecule has 0 spiro atoms. The molecule has 0 amide bonds. The van der Waals surface area contributed by atoms with Crippen LogP contribution in [0.15, 0.2) is 23.8 Å². The molecule has 8 heavy (non-hydrogen) atoms. The van der Waals surface area contributed by atoms with E-state index in [-0.39, 0.29) is 0 Å². The lowest BCUT2D eigenvalue weighted by molar-refractivity contribution is 0.884. The Hall–Kier alpha value is -0.920. The fourth-order valence-electron chi connectivity index (χ4n) is 0.675. The van der Waals surface area contributed by atoms with Crippen molar-refractivity contribution in [3.8, 4) is 0 Å². The maximum atomic E-state index is 3.14. The van der Waals surface area contributed by atoms with Crippen LogP contribution in [0.3, 0.4) is 0 Å². The number of rotatable bonds is 0. The molecule has 1 heterocycles. The number of hydrogen-bond acceptors (Lipinski definition) is 2. The fraction of sp³-hybridized carbons (Fsp3) is 0.333. The predicted octanol–water partition coefficient (Wildman–Crippen LogP) is 0.902. The molecule has 0 unspecified atom stereocenters. The molecule has 2 N–H and O–H groups in total. The van der Waals surface area contributed by atoms with Crippen LogP contribution in [0.2, 0.25) is 0 Å². The first-order valence-electron chi connectivity index (χ1n) is 2.65. The van der Waals surface area contributed by atoms with Crippen molar-refractivity contribution >= 4 is 0 Å². The maximum absolute atomic E-state index is 3.14. The summed E-state index contributed by atoms with van der Waals surface area (Å²) in [6.07, 6.45) is 3.85. The van der Waals surface area contributed by atoms with Crippen LogP contribution >= 0.6 is 0 Å². The molecule has 1 aliphatic heterocycles. The van der Waals surface area contributed by atoms with Crippen LogP contribution in [-0.2, 0) is 0 Å². The zero-order valence-electron chi connectivity index (χ0n) is 5.15. The van der Waals surface area contributed by atoms with E-state index < -0.39 is 0 Å². The van der Waals surface area contributed by atoms with Crippen molar-refractivity contribution < 1.29 is 0 Å². The van der Waals surface area contributed by atoms with Gasteiger partial charge in [0.1, 0.15) is 0 Å². The first-order valence-corrected chi connectivity index (χ1v) is 2.65. The fourth-order valence-corrected chi connectivity index (χ4v) is 0.675. The van der Waals surface area contributed by atoms with Gasteiger partial charge in [0, 0.05) is 23.8 Å². The van der Waals surface area contributed by atoms with Gasteiger partial charge in [-0.15, -0.1) is 0 Å². The molecule has 0 atom stereocenters. The largest absolute Gasteiger partial charge is 0.365 e. The monoisotopic (exact) mass is 110 g/mol. The van der Waals surface area contributed by atoms with Gasteiger partial charge in [0.15, 0.2) is 0 Å². The molecule has 2 nitrogen and oxygen atoms in total. The van der Waals surface area contributed by atoms with Crippen molar-refractivity contribution in [3.05, 3.63) is 23.8 Å². The summed E-state index contributed by atoms with van der Waals surface area (Å²) in [5, 5.41) is 6.14. The first-order chi connectivity index (χ1) is 3.79. The molecular weight excluding hydrogens is 100 g/mol. The average molecular weight is 110 g/mol. The minimum atomic E-state index is 1.16. The smallest absolute Gasteiger partial charge is 0.0280 e. The minimum Gasteiger partial charge on any atom is -0.365 e. The quantitative estimate of drug-likeness (QED) is 0.484. The average Bonchev–Trinajstić information content (AvgIpc) is 1.64. The highest BCUT2D eigenvalue weighted by atomic mass is 15.0. The van der Waals surface area contributed by atoms with Gasteiger partial charge in [-0.25, -0.2) is 0 Å². The van der Waals surface area contributed by atoms with Gasteiger partial charge in [-0.05, 0) is 13.8 Å². The third-order valence-electron chi connectivity index (χ3n) is 0.994. The molecular formula is C6H10N2. The molecule has 0 fully saturated rings. The zero-order chi connectivity index (χ0) is 5.98. The Morgan fingerprint density at radius 1 is 1.12 bits per heavy atom. The van der Waals surface area contributed by atoms with Gasteiger partial charge in [0.05, 0.1) is 0 Å². The van der Waals surface area contributed by atoms with E-state index in [1.165, 1.54) is 0 Å². The molecule has 44 valence electrons. The van der Waals surface area contributed by atoms with Crippen LogP contribution in [0.25, 0.3) is 0 Å². The molecule has 0 saturated carbocycles. The van der Waals surface area contributed by atoms with E-state index >= 15 is 0 Å². The standard InChI is InChI=1S/C6H10N2/c1-5-3-7-4-6(2)8-5/h3-4,7-8H,1-2H3. The Morgan fingerprint density at radius 3 is 1.88 bits per heavy atom. The molecule has 2 heteroatoms. The van der Waals surface area contributed by atoms with E-state index in [9.17, 15) is 0 Å². The van der Waals surface area contributed by atoms with Gasteiger partial charge >= 0.3 is 0 Å². The summed E-state index contributed by atoms with van der Waals surface area (Å²) in [6.45, 7) is 4.03. The molecule has 1 aliphatic rings. The summed E-state index contributed by atoms with van der Waals surface area (Å²) in [4.78, 5) is 0. The summed E-state index contributed by atoms with van der Waals surface area (Å²) in [6, 6.07) is 0. The number of hydrogen-bond donors (Lipinski definition) is 2. The molecule has 0 aromatic rings. The van der Waals surface area contributed by atoms with Crippen LogP contribution in [0.4, 0.5) is 0 Å². The van der Waals surface area contributed by atoms with Gasteiger partial charge in [-0.3, -0.25) is 0 Å². The van der Waals surface area contributed by atoms with Crippen molar-refractivity contribution in [1.82, 2.24) is 10.6 Å². The van der Waals surface area contributed by atoms with Crippen LogP contribution < -0.4 is 10.6 Å². The number of allylic oxidation sites excluding steroid dienone is 2. The second kappa shape index (κ2) is 1.90. The van der Waals surface area contributed by atoms with Crippen LogP contribution in [-0.4, -0.2) is 0 Å². The lowest BCUT2D eigenvalue weighted by Gasteiger charge is -2.11. The lowest BCUT2D eigenvalue weighted by Crippen LogP contribution is -2.17. The Bertz CT molecular complexity index is 129. The van der Waals surface area contributed by atoms with Crippen molar-refractivity contribution in [2.45, 2.75) is 13.8 Å².